The summed E-state index contributed by atoms with van der Waals surface area (Å²) in [4.78, 5) is 29.9. The number of hydrogen-bond acceptors (Lipinski definition) is 4. The quantitative estimate of drug-likeness (QED) is 0.232. The summed E-state index contributed by atoms with van der Waals surface area (Å²) in [5.41, 5.74) is 5.36. The van der Waals surface area contributed by atoms with E-state index in [2.05, 4.69) is 46.2 Å². The van der Waals surface area contributed by atoms with Gasteiger partial charge in [-0.05, 0) is 48.6 Å². The molecule has 0 aromatic heterocycles. The summed E-state index contributed by atoms with van der Waals surface area (Å²) in [5, 5.41) is 0. The number of ketones is 2. The molecule has 0 bridgehead atoms. The molecule has 0 amide bonds. The van der Waals surface area contributed by atoms with Crippen molar-refractivity contribution in [3.8, 4) is 0 Å². The van der Waals surface area contributed by atoms with Crippen LogP contribution in [0.5, 0.6) is 0 Å². The predicted molar refractivity (Wildman–Crippen MR) is 144 cm³/mol. The molecule has 0 N–H and O–H groups in total. The maximum Gasteiger partial charge on any atom is 0.197 e. The van der Waals surface area contributed by atoms with Gasteiger partial charge in [-0.25, -0.2) is 0 Å². The van der Waals surface area contributed by atoms with Crippen LogP contribution in [-0.4, -0.2) is 11.6 Å². The fourth-order valence-electron chi connectivity index (χ4n) is 4.75. The highest BCUT2D eigenvalue weighted by atomic mass is 16.2. The third-order valence-electron chi connectivity index (χ3n) is 6.38. The van der Waals surface area contributed by atoms with Gasteiger partial charge >= 0.3 is 0 Å². The Kier molecular flexibility index (Phi) is 5.39. The van der Waals surface area contributed by atoms with Crippen molar-refractivity contribution in [1.29, 1.82) is 0 Å². The van der Waals surface area contributed by atoms with E-state index in [-0.39, 0.29) is 17.1 Å². The lowest BCUT2D eigenvalue weighted by atomic mass is 10.1. The first-order chi connectivity index (χ1) is 17.7. The van der Waals surface area contributed by atoms with Crippen molar-refractivity contribution in [2.45, 2.75) is 0 Å². The van der Waals surface area contributed by atoms with Crippen LogP contribution in [0, 0.1) is 0 Å². The second-order valence-corrected chi connectivity index (χ2v) is 8.52. The van der Waals surface area contributed by atoms with E-state index < -0.39 is 0 Å². The van der Waals surface area contributed by atoms with E-state index in [1.54, 1.807) is 36.4 Å². The molecular weight excluding hydrogens is 444 g/mol. The Hall–Kier alpha value is -4.96. The summed E-state index contributed by atoms with van der Waals surface area (Å²) in [6.45, 7) is 0. The number of para-hydroxylation sites is 4. The SMILES string of the molecule is O=C1C(=C/C=C/C=C2N(c3ccccc3)c3ccccc3N2c2ccccc2)C(=O)c2ccccc21. The molecule has 2 aliphatic rings. The van der Waals surface area contributed by atoms with Crippen LogP contribution in [0.4, 0.5) is 22.7 Å². The van der Waals surface area contributed by atoms with E-state index in [9.17, 15) is 9.59 Å². The fourth-order valence-corrected chi connectivity index (χ4v) is 4.75. The molecule has 0 unspecified atom stereocenters. The Bertz CT molecular complexity index is 1460. The molecule has 4 aromatic rings. The van der Waals surface area contributed by atoms with Gasteiger partial charge in [0.1, 0.15) is 5.82 Å². The average Bonchev–Trinajstić information content (AvgIpc) is 3.39. The van der Waals surface area contributed by atoms with Gasteiger partial charge in [0.15, 0.2) is 11.6 Å². The summed E-state index contributed by atoms with van der Waals surface area (Å²) in [7, 11) is 0. The van der Waals surface area contributed by atoms with Gasteiger partial charge in [-0.3, -0.25) is 19.4 Å². The Morgan fingerprint density at radius 3 is 1.39 bits per heavy atom. The minimum atomic E-state index is -0.224. The molecule has 36 heavy (non-hydrogen) atoms. The molecule has 1 aliphatic heterocycles. The van der Waals surface area contributed by atoms with Gasteiger partial charge in [-0.15, -0.1) is 0 Å². The van der Waals surface area contributed by atoms with E-state index in [4.69, 9.17) is 0 Å². The molecular formula is C32H22N2O2. The number of benzene rings is 4. The second-order valence-electron chi connectivity index (χ2n) is 8.52. The van der Waals surface area contributed by atoms with Crippen LogP contribution in [0.1, 0.15) is 20.7 Å². The number of hydrogen-bond donors (Lipinski definition) is 0. The summed E-state index contributed by atoms with van der Waals surface area (Å²) in [6, 6.07) is 35.7. The van der Waals surface area contributed by atoms with Gasteiger partial charge in [-0.2, -0.15) is 0 Å². The molecule has 0 radical (unpaired) electrons. The number of nitrogens with zero attached hydrogens (tertiary/aromatic N) is 2. The number of carbonyl (C=O) groups excluding carboxylic acids is 2. The lowest BCUT2D eigenvalue weighted by Crippen LogP contribution is -2.21. The first-order valence-electron chi connectivity index (χ1n) is 11.8. The Morgan fingerprint density at radius 2 is 0.889 bits per heavy atom. The molecule has 0 atom stereocenters. The highest BCUT2D eigenvalue weighted by Gasteiger charge is 2.33. The van der Waals surface area contributed by atoms with Gasteiger partial charge in [0, 0.05) is 22.5 Å². The summed E-state index contributed by atoms with van der Waals surface area (Å²) in [5.74, 6) is 0.492. The molecule has 1 aliphatic carbocycles. The molecule has 0 spiro atoms. The number of carbonyl (C=O) groups is 2. The van der Waals surface area contributed by atoms with Crippen molar-refractivity contribution in [3.05, 3.63) is 156 Å². The van der Waals surface area contributed by atoms with Crippen LogP contribution in [0.2, 0.25) is 0 Å². The summed E-state index contributed by atoms with van der Waals surface area (Å²) >= 11 is 0. The molecule has 0 saturated heterocycles. The van der Waals surface area contributed by atoms with Gasteiger partial charge < -0.3 is 0 Å². The topological polar surface area (TPSA) is 40.6 Å². The first-order valence-corrected chi connectivity index (χ1v) is 11.8. The molecule has 4 nitrogen and oxygen atoms in total. The third-order valence-corrected chi connectivity index (χ3v) is 6.38. The van der Waals surface area contributed by atoms with Crippen molar-refractivity contribution in [2.75, 3.05) is 9.80 Å². The van der Waals surface area contributed by atoms with Gasteiger partial charge in [-0.1, -0.05) is 84.9 Å². The summed E-state index contributed by atoms with van der Waals surface area (Å²) < 4.78 is 0. The van der Waals surface area contributed by atoms with Crippen molar-refractivity contribution in [1.82, 2.24) is 0 Å². The number of Topliss-reactive ketones (excluding diaryl/α,β-unsaturated/α-hetero) is 2. The van der Waals surface area contributed by atoms with E-state index in [1.165, 1.54) is 0 Å². The van der Waals surface area contributed by atoms with Gasteiger partial charge in [0.25, 0.3) is 0 Å². The van der Waals surface area contributed by atoms with E-state index in [0.717, 1.165) is 28.6 Å². The fraction of sp³-hybridized carbons (Fsp3) is 0. The number of rotatable bonds is 4. The van der Waals surface area contributed by atoms with Crippen LogP contribution >= 0.6 is 0 Å². The lowest BCUT2D eigenvalue weighted by molar-refractivity contribution is 0.0989. The van der Waals surface area contributed by atoms with E-state index in [1.807, 2.05) is 60.7 Å². The normalized spacial score (nSPS) is 14.4. The molecule has 4 aromatic carbocycles. The minimum absolute atomic E-state index is 0.195. The minimum Gasteiger partial charge on any atom is -0.294 e. The Labute approximate surface area is 209 Å². The van der Waals surface area contributed by atoms with Crippen LogP contribution in [-0.2, 0) is 0 Å². The zero-order valence-corrected chi connectivity index (χ0v) is 19.4. The third kappa shape index (κ3) is 3.56. The highest BCUT2D eigenvalue weighted by Crippen LogP contribution is 2.49. The zero-order chi connectivity index (χ0) is 24.5. The number of allylic oxidation sites excluding steroid dienone is 5. The molecule has 6 rings (SSSR count). The second kappa shape index (κ2) is 9.01. The van der Waals surface area contributed by atoms with Crippen molar-refractivity contribution in [3.63, 3.8) is 0 Å². The van der Waals surface area contributed by atoms with Crippen molar-refractivity contribution in [2.24, 2.45) is 0 Å². The molecule has 0 fully saturated rings. The maximum atomic E-state index is 12.7. The monoisotopic (exact) mass is 466 g/mol. The van der Waals surface area contributed by atoms with E-state index >= 15 is 0 Å². The molecule has 0 saturated carbocycles. The Morgan fingerprint density at radius 1 is 0.472 bits per heavy atom. The lowest BCUT2D eigenvalue weighted by Gasteiger charge is -2.25. The zero-order valence-electron chi connectivity index (χ0n) is 19.4. The maximum absolute atomic E-state index is 12.7. The number of fused-ring (bicyclic) bond motifs is 2. The van der Waals surface area contributed by atoms with Crippen LogP contribution in [0.3, 0.4) is 0 Å². The van der Waals surface area contributed by atoms with Gasteiger partial charge in [0.05, 0.1) is 16.9 Å². The van der Waals surface area contributed by atoms with Crippen molar-refractivity contribution < 1.29 is 9.59 Å². The van der Waals surface area contributed by atoms with Crippen LogP contribution in [0.15, 0.2) is 145 Å². The Balaban J connectivity index is 1.42. The molecule has 1 heterocycles. The number of anilines is 4. The van der Waals surface area contributed by atoms with E-state index in [0.29, 0.717) is 11.1 Å². The standard InChI is InChI=1S/C32H22N2O2/c35-31-25-17-7-8-18-26(25)32(36)27(31)19-9-12-22-30-33(23-13-3-1-4-14-23)28-20-10-11-21-29(28)34(30)24-15-5-2-6-16-24/h1-22H/b12-9+. The molecule has 4 heteroatoms. The predicted octanol–water partition coefficient (Wildman–Crippen LogP) is 7.38. The smallest absolute Gasteiger partial charge is 0.197 e. The highest BCUT2D eigenvalue weighted by molar-refractivity contribution is 6.39. The average molecular weight is 467 g/mol. The van der Waals surface area contributed by atoms with Crippen LogP contribution < -0.4 is 9.80 Å². The summed E-state index contributed by atoms with van der Waals surface area (Å²) in [6.07, 6.45) is 7.26. The largest absolute Gasteiger partial charge is 0.294 e. The van der Waals surface area contributed by atoms with Crippen LogP contribution in [0.25, 0.3) is 0 Å². The first kappa shape index (κ1) is 21.6. The molecule has 172 valence electrons. The van der Waals surface area contributed by atoms with Crippen molar-refractivity contribution >= 4 is 34.3 Å². The van der Waals surface area contributed by atoms with Gasteiger partial charge in [0.2, 0.25) is 0 Å².